The summed E-state index contributed by atoms with van der Waals surface area (Å²) in [4.78, 5) is 29.2. The van der Waals surface area contributed by atoms with Gasteiger partial charge in [-0.25, -0.2) is 0 Å². The zero-order valence-corrected chi connectivity index (χ0v) is 9.05. The average Bonchev–Trinajstić information content (AvgIpc) is 2.87. The quantitative estimate of drug-likeness (QED) is 0.399. The number of rotatable bonds is 2. The molecule has 1 heterocycles. The van der Waals surface area contributed by atoms with Gasteiger partial charge in [-0.2, -0.15) is 0 Å². The highest BCUT2D eigenvalue weighted by molar-refractivity contribution is 6.05. The summed E-state index contributed by atoms with van der Waals surface area (Å²) in [6, 6.07) is 0. The Balaban J connectivity index is 1.91. The maximum atomic E-state index is 12.0. The van der Waals surface area contributed by atoms with Crippen molar-refractivity contribution in [1.82, 2.24) is 5.06 Å². The minimum Gasteiger partial charge on any atom is -0.374 e. The Morgan fingerprint density at radius 2 is 1.81 bits per heavy atom. The molecule has 0 spiro atoms. The molecule has 2 fully saturated rings. The third-order valence-electron chi connectivity index (χ3n) is 3.68. The molecule has 2 bridgehead atoms. The first-order valence-electron chi connectivity index (χ1n) is 5.49. The molecule has 4 nitrogen and oxygen atoms in total. The van der Waals surface area contributed by atoms with Crippen molar-refractivity contribution in [1.29, 1.82) is 0 Å². The summed E-state index contributed by atoms with van der Waals surface area (Å²) in [7, 11) is 0. The molecule has 0 aromatic rings. The van der Waals surface area contributed by atoms with Crippen LogP contribution in [0.25, 0.3) is 0 Å². The molecule has 0 N–H and O–H groups in total. The molecule has 3 rings (SSSR count). The number of carbonyl (C=O) groups excluding carboxylic acids is 2. The molecule has 0 radical (unpaired) electrons. The second kappa shape index (κ2) is 2.97. The Hall–Kier alpha value is -1.58. The van der Waals surface area contributed by atoms with E-state index < -0.39 is 0 Å². The van der Waals surface area contributed by atoms with E-state index in [1.807, 2.05) is 0 Å². The monoisotopic (exact) mass is 219 g/mol. The summed E-state index contributed by atoms with van der Waals surface area (Å²) < 4.78 is 0. The number of hydrogen-bond donors (Lipinski definition) is 0. The van der Waals surface area contributed by atoms with E-state index in [0.717, 1.165) is 11.5 Å². The van der Waals surface area contributed by atoms with Crippen LogP contribution in [0.15, 0.2) is 24.5 Å². The molecule has 84 valence electrons. The fourth-order valence-electron chi connectivity index (χ4n) is 3.12. The van der Waals surface area contributed by atoms with Crippen molar-refractivity contribution in [3.8, 4) is 0 Å². The molecule has 2 aliphatic carbocycles. The van der Waals surface area contributed by atoms with Crippen LogP contribution in [0, 0.1) is 23.7 Å². The van der Waals surface area contributed by atoms with Crippen molar-refractivity contribution >= 4 is 11.8 Å². The van der Waals surface area contributed by atoms with E-state index in [-0.39, 0.29) is 35.5 Å². The molecule has 0 aromatic carbocycles. The van der Waals surface area contributed by atoms with Crippen molar-refractivity contribution in [2.45, 2.75) is 13.3 Å². The van der Waals surface area contributed by atoms with E-state index in [9.17, 15) is 9.59 Å². The number of hydrogen-bond acceptors (Lipinski definition) is 3. The van der Waals surface area contributed by atoms with Crippen molar-refractivity contribution in [3.63, 3.8) is 0 Å². The Morgan fingerprint density at radius 3 is 2.25 bits per heavy atom. The summed E-state index contributed by atoms with van der Waals surface area (Å²) >= 11 is 0. The van der Waals surface area contributed by atoms with Crippen LogP contribution in [0.4, 0.5) is 0 Å². The fraction of sp³-hybridized carbons (Fsp3) is 0.500. The van der Waals surface area contributed by atoms with Gasteiger partial charge in [-0.1, -0.05) is 18.7 Å². The lowest BCUT2D eigenvalue weighted by atomic mass is 9.85. The van der Waals surface area contributed by atoms with Gasteiger partial charge in [0.2, 0.25) is 0 Å². The largest absolute Gasteiger partial charge is 0.374 e. The fourth-order valence-corrected chi connectivity index (χ4v) is 3.12. The van der Waals surface area contributed by atoms with Gasteiger partial charge in [0.05, 0.1) is 11.8 Å². The average molecular weight is 219 g/mol. The second-order valence-electron chi connectivity index (χ2n) is 4.76. The lowest BCUT2D eigenvalue weighted by molar-refractivity contribution is -0.179. The summed E-state index contributed by atoms with van der Waals surface area (Å²) in [5.41, 5.74) is 0. The highest BCUT2D eigenvalue weighted by Crippen LogP contribution is 2.52. The molecular weight excluding hydrogens is 206 g/mol. The van der Waals surface area contributed by atoms with Gasteiger partial charge in [-0.05, 0) is 25.2 Å². The molecule has 2 unspecified atom stereocenters. The summed E-state index contributed by atoms with van der Waals surface area (Å²) in [5, 5.41) is 0.907. The van der Waals surface area contributed by atoms with E-state index in [1.54, 1.807) is 6.92 Å². The van der Waals surface area contributed by atoms with Gasteiger partial charge < -0.3 is 4.84 Å². The maximum absolute atomic E-state index is 12.0. The molecule has 4 atom stereocenters. The lowest BCUT2D eigenvalue weighted by Gasteiger charge is -2.16. The minimum atomic E-state index is -0.199. The van der Waals surface area contributed by atoms with Gasteiger partial charge in [0, 0.05) is 0 Å². The smallest absolute Gasteiger partial charge is 0.267 e. The maximum Gasteiger partial charge on any atom is 0.267 e. The van der Waals surface area contributed by atoms with Crippen LogP contribution in [0.2, 0.25) is 0 Å². The Morgan fingerprint density at radius 1 is 1.31 bits per heavy atom. The normalized spacial score (nSPS) is 39.4. The molecule has 0 aromatic heterocycles. The molecule has 3 aliphatic rings. The predicted molar refractivity (Wildman–Crippen MR) is 55.5 cm³/mol. The van der Waals surface area contributed by atoms with Crippen molar-refractivity contribution < 1.29 is 14.4 Å². The van der Waals surface area contributed by atoms with Crippen LogP contribution >= 0.6 is 0 Å². The van der Waals surface area contributed by atoms with Crippen molar-refractivity contribution in [3.05, 3.63) is 24.5 Å². The number of nitrogens with zero attached hydrogens (tertiary/aromatic N) is 1. The van der Waals surface area contributed by atoms with Crippen LogP contribution in [0.3, 0.4) is 0 Å². The van der Waals surface area contributed by atoms with Gasteiger partial charge in [-0.15, -0.1) is 5.06 Å². The van der Waals surface area contributed by atoms with Gasteiger partial charge in [0.15, 0.2) is 0 Å². The number of amides is 2. The molecule has 1 saturated heterocycles. The number of imide groups is 1. The van der Waals surface area contributed by atoms with E-state index >= 15 is 0 Å². The molecule has 1 saturated carbocycles. The van der Waals surface area contributed by atoms with Crippen LogP contribution in [0.5, 0.6) is 0 Å². The third kappa shape index (κ3) is 1.04. The van der Waals surface area contributed by atoms with Crippen LogP contribution in [-0.4, -0.2) is 16.9 Å². The standard InChI is InChI=1S/C12H13NO3/c1-6(2)16-13-11(14)9-7-3-4-8(5-7)10(9)12(13)15/h3-4,7-10H,1,5H2,2H3/t7-,8+,9?,10?. The SMILES string of the molecule is C=C(C)ON1C(=O)C2C(C1=O)[C@H]1C=C[C@@H]2C1. The summed E-state index contributed by atoms with van der Waals surface area (Å²) in [6.07, 6.45) is 5.05. The lowest BCUT2D eigenvalue weighted by Crippen LogP contribution is -2.32. The van der Waals surface area contributed by atoms with Crippen molar-refractivity contribution in [2.75, 3.05) is 0 Å². The number of fused-ring (bicyclic) bond motifs is 5. The Kier molecular flexibility index (Phi) is 1.79. The van der Waals surface area contributed by atoms with E-state index in [4.69, 9.17) is 4.84 Å². The van der Waals surface area contributed by atoms with E-state index in [2.05, 4.69) is 18.7 Å². The molecule has 2 amide bonds. The van der Waals surface area contributed by atoms with Gasteiger partial charge >= 0.3 is 0 Å². The first-order valence-corrected chi connectivity index (χ1v) is 5.49. The van der Waals surface area contributed by atoms with Gasteiger partial charge in [-0.3, -0.25) is 9.59 Å². The molecular formula is C12H13NO3. The van der Waals surface area contributed by atoms with Crippen molar-refractivity contribution in [2.24, 2.45) is 23.7 Å². The Bertz CT molecular complexity index is 396. The second-order valence-corrected chi connectivity index (χ2v) is 4.76. The molecule has 4 heteroatoms. The zero-order chi connectivity index (χ0) is 11.4. The van der Waals surface area contributed by atoms with E-state index in [1.165, 1.54) is 0 Å². The van der Waals surface area contributed by atoms with Crippen LogP contribution < -0.4 is 0 Å². The Labute approximate surface area is 93.5 Å². The molecule has 1 aliphatic heterocycles. The third-order valence-corrected chi connectivity index (χ3v) is 3.68. The van der Waals surface area contributed by atoms with Gasteiger partial charge in [0.1, 0.15) is 5.76 Å². The first-order chi connectivity index (χ1) is 7.59. The van der Waals surface area contributed by atoms with Crippen LogP contribution in [0.1, 0.15) is 13.3 Å². The summed E-state index contributed by atoms with van der Waals surface area (Å²) in [5.74, 6) is 0.0331. The highest BCUT2D eigenvalue weighted by atomic mass is 16.7. The predicted octanol–water partition coefficient (Wildman–Crippen LogP) is 1.26. The highest BCUT2D eigenvalue weighted by Gasteiger charge is 2.60. The van der Waals surface area contributed by atoms with Crippen LogP contribution in [-0.2, 0) is 14.4 Å². The zero-order valence-electron chi connectivity index (χ0n) is 9.05. The number of hydroxylamine groups is 2. The van der Waals surface area contributed by atoms with E-state index in [0.29, 0.717) is 5.76 Å². The summed E-state index contributed by atoms with van der Waals surface area (Å²) in [6.45, 7) is 5.18. The minimum absolute atomic E-state index is 0.193. The number of carbonyl (C=O) groups is 2. The topological polar surface area (TPSA) is 46.6 Å². The van der Waals surface area contributed by atoms with Gasteiger partial charge in [0.25, 0.3) is 11.8 Å². The number of allylic oxidation sites excluding steroid dienone is 3. The first kappa shape index (κ1) is 9.63. The molecule has 16 heavy (non-hydrogen) atoms.